The molecule has 0 spiro atoms. The van der Waals surface area contributed by atoms with Gasteiger partial charge in [0, 0.05) is 12.8 Å². The molecule has 1 rings (SSSR count). The Morgan fingerprint density at radius 3 is 2.21 bits per heavy atom. The molecule has 19 heavy (non-hydrogen) atoms. The van der Waals surface area contributed by atoms with Crippen molar-refractivity contribution in [3.05, 3.63) is 0 Å². The van der Waals surface area contributed by atoms with E-state index in [0.717, 1.165) is 12.8 Å². The van der Waals surface area contributed by atoms with Gasteiger partial charge in [-0.05, 0) is 24.2 Å². The summed E-state index contributed by atoms with van der Waals surface area (Å²) in [5, 5.41) is 2.97. The Morgan fingerprint density at radius 1 is 1.16 bits per heavy atom. The van der Waals surface area contributed by atoms with E-state index in [2.05, 4.69) is 5.32 Å². The zero-order valence-corrected chi connectivity index (χ0v) is 12.9. The van der Waals surface area contributed by atoms with Crippen LogP contribution in [0.1, 0.15) is 72.6 Å². The second-order valence-corrected chi connectivity index (χ2v) is 6.89. The van der Waals surface area contributed by atoms with E-state index < -0.39 is 0 Å². The average molecular weight is 267 g/mol. The summed E-state index contributed by atoms with van der Waals surface area (Å²) in [7, 11) is 0. The summed E-state index contributed by atoms with van der Waals surface area (Å²) in [5.74, 6) is 0.698. The van der Waals surface area contributed by atoms with Gasteiger partial charge in [-0.15, -0.1) is 0 Å². The summed E-state index contributed by atoms with van der Waals surface area (Å²) in [6, 6.07) is -0.353. The predicted octanol–water partition coefficient (Wildman–Crippen LogP) is 3.47. The predicted molar refractivity (Wildman–Crippen MR) is 77.9 cm³/mol. The van der Waals surface area contributed by atoms with Crippen LogP contribution in [-0.2, 0) is 9.59 Å². The molecule has 0 aromatic carbocycles. The molecule has 3 heteroatoms. The van der Waals surface area contributed by atoms with Gasteiger partial charge in [-0.1, -0.05) is 47.0 Å². The van der Waals surface area contributed by atoms with E-state index in [-0.39, 0.29) is 23.1 Å². The fourth-order valence-corrected chi connectivity index (χ4v) is 2.86. The van der Waals surface area contributed by atoms with Gasteiger partial charge >= 0.3 is 0 Å². The summed E-state index contributed by atoms with van der Waals surface area (Å²) in [6.07, 6.45) is 7.18. The zero-order valence-electron chi connectivity index (χ0n) is 12.9. The largest absolute Gasteiger partial charge is 0.346 e. The lowest BCUT2D eigenvalue weighted by Crippen LogP contribution is -2.49. The molecule has 1 atom stereocenters. The van der Waals surface area contributed by atoms with E-state index in [1.54, 1.807) is 0 Å². The van der Waals surface area contributed by atoms with Crippen molar-refractivity contribution in [2.24, 2.45) is 11.3 Å². The number of ketones is 1. The summed E-state index contributed by atoms with van der Waals surface area (Å²) >= 11 is 0. The normalized spacial score (nSPS) is 18.9. The smallest absolute Gasteiger partial charge is 0.220 e. The molecule has 1 aliphatic carbocycles. The van der Waals surface area contributed by atoms with Crippen LogP contribution >= 0.6 is 0 Å². The van der Waals surface area contributed by atoms with Crippen molar-refractivity contribution in [1.82, 2.24) is 5.32 Å². The third-order valence-corrected chi connectivity index (χ3v) is 4.04. The van der Waals surface area contributed by atoms with Gasteiger partial charge in [-0.25, -0.2) is 0 Å². The molecule has 110 valence electrons. The summed E-state index contributed by atoms with van der Waals surface area (Å²) in [5.41, 5.74) is -0.213. The van der Waals surface area contributed by atoms with E-state index in [0.29, 0.717) is 18.8 Å². The number of nitrogens with one attached hydrogen (secondary N) is 1. The Bertz CT molecular complexity index is 311. The molecule has 1 aliphatic rings. The zero-order chi connectivity index (χ0) is 14.5. The molecular weight excluding hydrogens is 238 g/mol. The minimum absolute atomic E-state index is 0.0497. The molecule has 1 N–H and O–H groups in total. The lowest BCUT2D eigenvalue weighted by atomic mass is 9.82. The monoisotopic (exact) mass is 267 g/mol. The van der Waals surface area contributed by atoms with Crippen LogP contribution in [0.25, 0.3) is 0 Å². The second-order valence-electron chi connectivity index (χ2n) is 6.89. The van der Waals surface area contributed by atoms with Crippen molar-refractivity contribution in [3.8, 4) is 0 Å². The first kappa shape index (κ1) is 16.2. The van der Waals surface area contributed by atoms with Crippen LogP contribution in [-0.4, -0.2) is 17.7 Å². The number of Topliss-reactive ketones (excluding diaryl/α,β-unsaturated/α-hetero) is 1. The molecule has 0 aromatic heterocycles. The summed E-state index contributed by atoms with van der Waals surface area (Å²) in [4.78, 5) is 24.1. The van der Waals surface area contributed by atoms with Crippen molar-refractivity contribution >= 4 is 11.7 Å². The maximum atomic E-state index is 12.1. The number of rotatable bonds is 5. The number of carbonyl (C=O) groups is 2. The van der Waals surface area contributed by atoms with E-state index in [1.165, 1.54) is 19.3 Å². The number of hydrogen-bond acceptors (Lipinski definition) is 2. The van der Waals surface area contributed by atoms with Crippen LogP contribution in [0.15, 0.2) is 0 Å². The molecule has 1 saturated carbocycles. The van der Waals surface area contributed by atoms with Gasteiger partial charge in [0.05, 0.1) is 6.04 Å². The molecule has 1 unspecified atom stereocenters. The first-order chi connectivity index (χ1) is 8.84. The van der Waals surface area contributed by atoms with E-state index in [4.69, 9.17) is 0 Å². The molecule has 0 radical (unpaired) electrons. The number of carbonyl (C=O) groups excluding carboxylic acids is 2. The minimum Gasteiger partial charge on any atom is -0.346 e. The third kappa shape index (κ3) is 5.33. The Morgan fingerprint density at radius 2 is 1.74 bits per heavy atom. The van der Waals surface area contributed by atoms with Gasteiger partial charge in [0.25, 0.3) is 0 Å². The number of amides is 1. The Balaban J connectivity index is 2.53. The first-order valence-electron chi connectivity index (χ1n) is 7.66. The number of hydrogen-bond donors (Lipinski definition) is 1. The van der Waals surface area contributed by atoms with Crippen LogP contribution in [0, 0.1) is 11.3 Å². The summed E-state index contributed by atoms with van der Waals surface area (Å²) < 4.78 is 0. The maximum absolute atomic E-state index is 12.1. The first-order valence-corrected chi connectivity index (χ1v) is 7.66. The molecule has 0 aliphatic heterocycles. The molecule has 0 bridgehead atoms. The standard InChI is InChI=1S/C16H29NO2/c1-5-13(18)15(16(2,3)4)17-14(19)11-12-9-7-6-8-10-12/h12,15H,5-11H2,1-4H3,(H,17,19). The van der Waals surface area contributed by atoms with Crippen LogP contribution in [0.5, 0.6) is 0 Å². The Kier molecular flexibility index (Phi) is 6.02. The molecule has 3 nitrogen and oxygen atoms in total. The fraction of sp³-hybridized carbons (Fsp3) is 0.875. The van der Waals surface area contributed by atoms with Crippen LogP contribution in [0.4, 0.5) is 0 Å². The summed E-state index contributed by atoms with van der Waals surface area (Å²) in [6.45, 7) is 7.87. The third-order valence-electron chi connectivity index (χ3n) is 4.04. The maximum Gasteiger partial charge on any atom is 0.220 e. The van der Waals surface area contributed by atoms with Gasteiger partial charge in [0.1, 0.15) is 0 Å². The van der Waals surface area contributed by atoms with Gasteiger partial charge in [0.2, 0.25) is 5.91 Å². The van der Waals surface area contributed by atoms with E-state index in [9.17, 15) is 9.59 Å². The van der Waals surface area contributed by atoms with Crippen molar-refractivity contribution in [3.63, 3.8) is 0 Å². The highest BCUT2D eigenvalue weighted by Gasteiger charge is 2.31. The van der Waals surface area contributed by atoms with Gasteiger partial charge in [0.15, 0.2) is 5.78 Å². The van der Waals surface area contributed by atoms with Crippen molar-refractivity contribution < 1.29 is 9.59 Å². The van der Waals surface area contributed by atoms with Crippen molar-refractivity contribution in [2.45, 2.75) is 78.7 Å². The van der Waals surface area contributed by atoms with Crippen molar-refractivity contribution in [1.29, 1.82) is 0 Å². The fourth-order valence-electron chi connectivity index (χ4n) is 2.86. The second kappa shape index (κ2) is 7.06. The molecule has 0 heterocycles. The lowest BCUT2D eigenvalue weighted by Gasteiger charge is -2.31. The van der Waals surface area contributed by atoms with Crippen LogP contribution in [0.2, 0.25) is 0 Å². The van der Waals surface area contributed by atoms with Crippen LogP contribution < -0.4 is 5.32 Å². The molecule has 0 aromatic rings. The minimum atomic E-state index is -0.353. The Hall–Kier alpha value is -0.860. The molecule has 0 saturated heterocycles. The quantitative estimate of drug-likeness (QED) is 0.829. The van der Waals surface area contributed by atoms with Crippen LogP contribution in [0.3, 0.4) is 0 Å². The highest BCUT2D eigenvalue weighted by Crippen LogP contribution is 2.27. The van der Waals surface area contributed by atoms with Crippen molar-refractivity contribution in [2.75, 3.05) is 0 Å². The SMILES string of the molecule is CCC(=O)C(NC(=O)CC1CCCCC1)C(C)(C)C. The lowest BCUT2D eigenvalue weighted by molar-refractivity contribution is -0.130. The molecular formula is C16H29NO2. The van der Waals surface area contributed by atoms with Gasteiger partial charge < -0.3 is 5.32 Å². The van der Waals surface area contributed by atoms with E-state index in [1.807, 2.05) is 27.7 Å². The topological polar surface area (TPSA) is 46.2 Å². The highest BCUT2D eigenvalue weighted by atomic mass is 16.2. The molecule has 1 amide bonds. The average Bonchev–Trinajstić information content (AvgIpc) is 2.35. The van der Waals surface area contributed by atoms with Gasteiger partial charge in [-0.2, -0.15) is 0 Å². The molecule has 1 fully saturated rings. The van der Waals surface area contributed by atoms with E-state index >= 15 is 0 Å². The highest BCUT2D eigenvalue weighted by molar-refractivity contribution is 5.89. The van der Waals surface area contributed by atoms with Gasteiger partial charge in [-0.3, -0.25) is 9.59 Å². The Labute approximate surface area is 117 Å².